The molecule has 0 bridgehead atoms. The number of thiophene rings is 1. The van der Waals surface area contributed by atoms with Crippen LogP contribution in [0, 0.1) is 0 Å². The number of aromatic nitrogens is 1. The summed E-state index contributed by atoms with van der Waals surface area (Å²) in [6.45, 7) is 0.945. The first kappa shape index (κ1) is 22.6. The summed E-state index contributed by atoms with van der Waals surface area (Å²) in [5.41, 5.74) is 3.96. The van der Waals surface area contributed by atoms with E-state index in [-0.39, 0.29) is 17.7 Å². The lowest BCUT2D eigenvalue weighted by molar-refractivity contribution is -0.121. The van der Waals surface area contributed by atoms with Gasteiger partial charge in [0.1, 0.15) is 5.75 Å². The Morgan fingerprint density at radius 2 is 1.88 bits per heavy atom. The molecule has 0 radical (unpaired) electrons. The van der Waals surface area contributed by atoms with Gasteiger partial charge in [-0.3, -0.25) is 9.59 Å². The van der Waals surface area contributed by atoms with Crippen molar-refractivity contribution >= 4 is 34.1 Å². The number of carbonyl (C=O) groups is 2. The fraction of sp³-hybridized carbons (Fsp3) is 0.231. The van der Waals surface area contributed by atoms with E-state index < -0.39 is 0 Å². The van der Waals surface area contributed by atoms with Crippen molar-refractivity contribution in [1.29, 1.82) is 0 Å². The van der Waals surface area contributed by atoms with Gasteiger partial charge in [-0.1, -0.05) is 30.3 Å². The molecule has 1 atom stereocenters. The standard InChI is InChI=1S/C26H27N3O3S/c1-32-20-10-8-18(9-11-20)22(23-16-28-24-6-3-2-5-21(23)24)15-29-25(30)7-4-13-27-26(31)19-12-14-33-17-19/h2-3,5-6,8-12,14,16-17,22,28H,4,7,13,15H2,1H3,(H,27,31)(H,29,30). The Balaban J connectivity index is 1.38. The number of hydrogen-bond donors (Lipinski definition) is 3. The van der Waals surface area contributed by atoms with Crippen LogP contribution in [0.2, 0.25) is 0 Å². The van der Waals surface area contributed by atoms with Crippen molar-refractivity contribution < 1.29 is 14.3 Å². The van der Waals surface area contributed by atoms with Crippen LogP contribution in [0.25, 0.3) is 10.9 Å². The van der Waals surface area contributed by atoms with Crippen LogP contribution in [0.5, 0.6) is 5.75 Å². The van der Waals surface area contributed by atoms with Crippen molar-refractivity contribution in [3.8, 4) is 5.75 Å². The van der Waals surface area contributed by atoms with Crippen molar-refractivity contribution in [2.75, 3.05) is 20.2 Å². The second kappa shape index (κ2) is 10.8. The summed E-state index contributed by atoms with van der Waals surface area (Å²) in [6.07, 6.45) is 2.96. The maximum absolute atomic E-state index is 12.5. The monoisotopic (exact) mass is 461 g/mol. The minimum Gasteiger partial charge on any atom is -0.497 e. The number of aromatic amines is 1. The molecule has 7 heteroatoms. The molecule has 0 aliphatic carbocycles. The van der Waals surface area contributed by atoms with Crippen LogP contribution in [0.1, 0.15) is 40.2 Å². The van der Waals surface area contributed by atoms with Gasteiger partial charge in [0.2, 0.25) is 5.91 Å². The van der Waals surface area contributed by atoms with Crippen LogP contribution in [-0.4, -0.2) is 37.0 Å². The number of fused-ring (bicyclic) bond motifs is 1. The van der Waals surface area contributed by atoms with E-state index in [2.05, 4.69) is 21.7 Å². The zero-order valence-electron chi connectivity index (χ0n) is 18.5. The van der Waals surface area contributed by atoms with Gasteiger partial charge in [-0.05, 0) is 47.2 Å². The summed E-state index contributed by atoms with van der Waals surface area (Å²) in [5, 5.41) is 10.8. The van der Waals surface area contributed by atoms with Gasteiger partial charge in [0.15, 0.2) is 0 Å². The number of para-hydroxylation sites is 1. The van der Waals surface area contributed by atoms with Gasteiger partial charge in [-0.15, -0.1) is 0 Å². The van der Waals surface area contributed by atoms with Crippen LogP contribution >= 0.6 is 11.3 Å². The number of benzene rings is 2. The molecule has 2 aromatic heterocycles. The summed E-state index contributed by atoms with van der Waals surface area (Å²) in [6, 6.07) is 17.9. The average molecular weight is 462 g/mol. The molecule has 0 aliphatic rings. The first-order chi connectivity index (χ1) is 16.2. The number of nitrogens with one attached hydrogen (secondary N) is 3. The third-order valence-electron chi connectivity index (χ3n) is 5.67. The molecular formula is C26H27N3O3S. The van der Waals surface area contributed by atoms with E-state index in [9.17, 15) is 9.59 Å². The minimum atomic E-state index is -0.101. The normalized spacial score (nSPS) is 11.8. The quantitative estimate of drug-likeness (QED) is 0.300. The van der Waals surface area contributed by atoms with Gasteiger partial charge < -0.3 is 20.4 Å². The van der Waals surface area contributed by atoms with Gasteiger partial charge in [0.05, 0.1) is 7.11 Å². The Kier molecular flexibility index (Phi) is 7.42. The molecular weight excluding hydrogens is 434 g/mol. The zero-order valence-corrected chi connectivity index (χ0v) is 19.3. The Morgan fingerprint density at radius 1 is 1.06 bits per heavy atom. The van der Waals surface area contributed by atoms with Crippen molar-refractivity contribution in [2.24, 2.45) is 0 Å². The Morgan fingerprint density at radius 3 is 2.64 bits per heavy atom. The van der Waals surface area contributed by atoms with Crippen molar-refractivity contribution in [3.05, 3.63) is 88.2 Å². The molecule has 1 unspecified atom stereocenters. The molecule has 0 fully saturated rings. The number of carbonyl (C=O) groups excluding carboxylic acids is 2. The van der Waals surface area contributed by atoms with Crippen LogP contribution < -0.4 is 15.4 Å². The first-order valence-corrected chi connectivity index (χ1v) is 11.9. The summed E-state index contributed by atoms with van der Waals surface area (Å²) in [4.78, 5) is 27.9. The third-order valence-corrected chi connectivity index (χ3v) is 6.35. The summed E-state index contributed by atoms with van der Waals surface area (Å²) >= 11 is 1.49. The van der Waals surface area contributed by atoms with E-state index in [4.69, 9.17) is 4.74 Å². The van der Waals surface area contributed by atoms with E-state index in [0.29, 0.717) is 31.5 Å². The topological polar surface area (TPSA) is 83.2 Å². The summed E-state index contributed by atoms with van der Waals surface area (Å²) < 4.78 is 5.30. The molecule has 4 rings (SSSR count). The first-order valence-electron chi connectivity index (χ1n) is 10.9. The van der Waals surface area contributed by atoms with Crippen LogP contribution in [0.15, 0.2) is 71.6 Å². The molecule has 6 nitrogen and oxygen atoms in total. The van der Waals surface area contributed by atoms with Gasteiger partial charge in [0, 0.05) is 53.5 Å². The highest BCUT2D eigenvalue weighted by Gasteiger charge is 2.19. The number of amides is 2. The predicted octanol–water partition coefficient (Wildman–Crippen LogP) is 4.70. The van der Waals surface area contributed by atoms with E-state index in [1.807, 2.05) is 59.4 Å². The molecule has 2 amide bonds. The number of hydrogen-bond acceptors (Lipinski definition) is 4. The third kappa shape index (κ3) is 5.62. The van der Waals surface area contributed by atoms with Gasteiger partial charge in [0.25, 0.3) is 5.91 Å². The fourth-order valence-corrected chi connectivity index (χ4v) is 4.51. The molecule has 2 heterocycles. The Bertz CT molecular complexity index is 1200. The molecule has 0 aliphatic heterocycles. The van der Waals surface area contributed by atoms with Crippen LogP contribution in [-0.2, 0) is 4.79 Å². The SMILES string of the molecule is COc1ccc(C(CNC(=O)CCCNC(=O)c2ccsc2)c2c[nH]c3ccccc23)cc1. The van der Waals surface area contributed by atoms with E-state index in [1.54, 1.807) is 13.2 Å². The summed E-state index contributed by atoms with van der Waals surface area (Å²) in [7, 11) is 1.65. The van der Waals surface area contributed by atoms with E-state index >= 15 is 0 Å². The molecule has 0 spiro atoms. The number of H-pyrrole nitrogens is 1. The Hall–Kier alpha value is -3.58. The van der Waals surface area contributed by atoms with Gasteiger partial charge in [-0.25, -0.2) is 0 Å². The molecule has 0 saturated carbocycles. The molecule has 2 aromatic carbocycles. The van der Waals surface area contributed by atoms with Crippen molar-refractivity contribution in [1.82, 2.24) is 15.6 Å². The van der Waals surface area contributed by atoms with Gasteiger partial charge in [-0.2, -0.15) is 11.3 Å². The highest BCUT2D eigenvalue weighted by molar-refractivity contribution is 7.08. The highest BCUT2D eigenvalue weighted by Crippen LogP contribution is 2.31. The predicted molar refractivity (Wildman–Crippen MR) is 132 cm³/mol. The molecule has 3 N–H and O–H groups in total. The maximum atomic E-state index is 12.5. The maximum Gasteiger partial charge on any atom is 0.252 e. The van der Waals surface area contributed by atoms with Crippen LogP contribution in [0.3, 0.4) is 0 Å². The smallest absolute Gasteiger partial charge is 0.252 e. The largest absolute Gasteiger partial charge is 0.497 e. The number of methoxy groups -OCH3 is 1. The average Bonchev–Trinajstić information content (AvgIpc) is 3.53. The van der Waals surface area contributed by atoms with Crippen LogP contribution in [0.4, 0.5) is 0 Å². The fourth-order valence-electron chi connectivity index (χ4n) is 3.88. The molecule has 170 valence electrons. The lowest BCUT2D eigenvalue weighted by Crippen LogP contribution is -2.30. The number of ether oxygens (including phenoxy) is 1. The van der Waals surface area contributed by atoms with E-state index in [0.717, 1.165) is 27.8 Å². The van der Waals surface area contributed by atoms with Gasteiger partial charge >= 0.3 is 0 Å². The second-order valence-electron chi connectivity index (χ2n) is 7.79. The molecule has 0 saturated heterocycles. The Labute approximate surface area is 197 Å². The lowest BCUT2D eigenvalue weighted by atomic mass is 9.90. The van der Waals surface area contributed by atoms with Crippen molar-refractivity contribution in [3.63, 3.8) is 0 Å². The van der Waals surface area contributed by atoms with E-state index in [1.165, 1.54) is 11.3 Å². The highest BCUT2D eigenvalue weighted by atomic mass is 32.1. The molecule has 33 heavy (non-hydrogen) atoms. The summed E-state index contributed by atoms with van der Waals surface area (Å²) in [5.74, 6) is 0.660. The molecule has 4 aromatic rings. The number of rotatable bonds is 10. The minimum absolute atomic E-state index is 0.00528. The van der Waals surface area contributed by atoms with Crippen molar-refractivity contribution in [2.45, 2.75) is 18.8 Å². The zero-order chi connectivity index (χ0) is 23.0. The second-order valence-corrected chi connectivity index (χ2v) is 8.57. The lowest BCUT2D eigenvalue weighted by Gasteiger charge is -2.19.